The minimum absolute atomic E-state index is 0.132. The molecule has 3 aromatic rings. The standard InChI is InChI=1S/C34H44N6O8.CH2O2/c1-44-21-30(42)38-12-10-28(41)35-17-22-7-6-11-39(19-22)33-24(15-25-26(37-33)16-27(45-2)32(48-5)31(25)47-4)20-40(14-13-38)34(43)23-8-9-29(46-3)36-18-23;2-1-3/h8-9,15-16,18,22H,6-7,10-14,17,19-21H2,1-5H3,(H,35,41);1H,(H,2,3). The van der Waals surface area contributed by atoms with Gasteiger partial charge < -0.3 is 48.8 Å². The number of piperidine rings is 1. The fourth-order valence-corrected chi connectivity index (χ4v) is 6.31. The number of methoxy groups -OCH3 is 5. The zero-order chi connectivity index (χ0) is 36.9. The Morgan fingerprint density at radius 3 is 2.37 bits per heavy atom. The van der Waals surface area contributed by atoms with Crippen molar-refractivity contribution in [2.75, 3.05) is 86.3 Å². The van der Waals surface area contributed by atoms with E-state index in [0.717, 1.165) is 30.8 Å². The van der Waals surface area contributed by atoms with Crippen molar-refractivity contribution in [2.24, 2.45) is 5.92 Å². The number of pyridine rings is 2. The number of hydrogen-bond donors (Lipinski definition) is 2. The van der Waals surface area contributed by atoms with Gasteiger partial charge in [0, 0.05) is 88.6 Å². The van der Waals surface area contributed by atoms with Crippen LogP contribution in [0.25, 0.3) is 10.9 Å². The van der Waals surface area contributed by atoms with E-state index in [4.69, 9.17) is 38.6 Å². The number of hydrogen-bond acceptors (Lipinski definition) is 12. The molecule has 1 saturated heterocycles. The van der Waals surface area contributed by atoms with Gasteiger partial charge in [-0.05, 0) is 30.9 Å². The fourth-order valence-electron chi connectivity index (χ4n) is 6.31. The number of aromatic nitrogens is 2. The molecule has 0 radical (unpaired) electrons. The summed E-state index contributed by atoms with van der Waals surface area (Å²) < 4.78 is 27.5. The lowest BCUT2D eigenvalue weighted by atomic mass is 9.97. The summed E-state index contributed by atoms with van der Waals surface area (Å²) >= 11 is 0. The molecule has 3 amide bonds. The van der Waals surface area contributed by atoms with Gasteiger partial charge in [-0.25, -0.2) is 9.97 Å². The van der Waals surface area contributed by atoms with E-state index in [9.17, 15) is 14.4 Å². The maximum atomic E-state index is 14.2. The maximum absolute atomic E-state index is 14.2. The van der Waals surface area contributed by atoms with Crippen molar-refractivity contribution in [3.8, 4) is 23.1 Å². The molecule has 0 saturated carbocycles. The van der Waals surface area contributed by atoms with E-state index < -0.39 is 0 Å². The van der Waals surface area contributed by atoms with Crippen LogP contribution in [-0.4, -0.2) is 130 Å². The lowest BCUT2D eigenvalue weighted by Crippen LogP contribution is -2.43. The molecule has 1 atom stereocenters. The summed E-state index contributed by atoms with van der Waals surface area (Å²) in [6, 6.07) is 7.10. The average molecular weight is 711 g/mol. The third-order valence-corrected chi connectivity index (χ3v) is 8.80. The molecule has 276 valence electrons. The zero-order valence-corrected chi connectivity index (χ0v) is 29.7. The first kappa shape index (κ1) is 38.4. The number of nitrogens with one attached hydrogen (secondary N) is 1. The van der Waals surface area contributed by atoms with Crippen molar-refractivity contribution in [2.45, 2.75) is 25.8 Å². The number of carbonyl (C=O) groups is 4. The van der Waals surface area contributed by atoms with Gasteiger partial charge in [-0.3, -0.25) is 19.2 Å². The Bertz CT molecular complexity index is 1670. The van der Waals surface area contributed by atoms with Crippen molar-refractivity contribution >= 4 is 40.9 Å². The smallest absolute Gasteiger partial charge is 0.290 e. The lowest BCUT2D eigenvalue weighted by Gasteiger charge is -2.35. The fraction of sp³-hybridized carbons (Fsp3) is 0.486. The van der Waals surface area contributed by atoms with Crippen LogP contribution in [0.3, 0.4) is 0 Å². The number of fused-ring (bicyclic) bond motifs is 5. The van der Waals surface area contributed by atoms with Crippen molar-refractivity contribution < 1.29 is 48.0 Å². The van der Waals surface area contributed by atoms with Gasteiger partial charge in [-0.1, -0.05) is 0 Å². The molecular weight excluding hydrogens is 664 g/mol. The summed E-state index contributed by atoms with van der Waals surface area (Å²) in [4.78, 5) is 63.4. The summed E-state index contributed by atoms with van der Waals surface area (Å²) in [6.07, 6.45) is 3.48. The third kappa shape index (κ3) is 9.45. The number of carboxylic acid groups (broad SMARTS) is 1. The zero-order valence-electron chi connectivity index (χ0n) is 29.7. The molecule has 5 rings (SSSR count). The number of nitrogens with zero attached hydrogens (tertiary/aromatic N) is 5. The van der Waals surface area contributed by atoms with Gasteiger partial charge in [-0.15, -0.1) is 0 Å². The van der Waals surface area contributed by atoms with Gasteiger partial charge in [0.2, 0.25) is 23.4 Å². The molecule has 51 heavy (non-hydrogen) atoms. The minimum Gasteiger partial charge on any atom is -0.493 e. The Hall–Kier alpha value is -5.38. The lowest BCUT2D eigenvalue weighted by molar-refractivity contribution is -0.136. The van der Waals surface area contributed by atoms with Crippen LogP contribution in [0, 0.1) is 5.92 Å². The van der Waals surface area contributed by atoms with Crippen molar-refractivity contribution in [1.29, 1.82) is 0 Å². The molecule has 2 aliphatic heterocycles. The second-order valence-corrected chi connectivity index (χ2v) is 11.9. The molecular formula is C35H46N6O10. The highest BCUT2D eigenvalue weighted by Gasteiger charge is 2.29. The van der Waals surface area contributed by atoms with E-state index in [1.54, 1.807) is 43.3 Å². The van der Waals surface area contributed by atoms with Crippen LogP contribution in [0.1, 0.15) is 35.2 Å². The Morgan fingerprint density at radius 1 is 0.980 bits per heavy atom. The molecule has 0 spiro atoms. The van der Waals surface area contributed by atoms with E-state index in [0.29, 0.717) is 52.7 Å². The second-order valence-electron chi connectivity index (χ2n) is 11.9. The molecule has 2 aliphatic rings. The summed E-state index contributed by atoms with van der Waals surface area (Å²) in [5.74, 6) is 1.99. The molecule has 16 heteroatoms. The SMILES string of the molecule is COCC(=O)N1CCC(=O)NCC2CCCN(C2)c2nc3cc(OC)c(OC)c(OC)c3cc2CN(C(=O)c2ccc(OC)nc2)CC1.O=CO. The van der Waals surface area contributed by atoms with Gasteiger partial charge in [0.25, 0.3) is 12.4 Å². The summed E-state index contributed by atoms with van der Waals surface area (Å²) in [5.41, 5.74) is 1.79. The number of carbonyl (C=O) groups excluding carboxylic acids is 3. The first-order valence-corrected chi connectivity index (χ1v) is 16.5. The van der Waals surface area contributed by atoms with Crippen LogP contribution in [0.2, 0.25) is 0 Å². The summed E-state index contributed by atoms with van der Waals surface area (Å²) in [6.45, 7) is 2.27. The third-order valence-electron chi connectivity index (χ3n) is 8.80. The molecule has 2 bridgehead atoms. The minimum atomic E-state index is -0.284. The van der Waals surface area contributed by atoms with Gasteiger partial charge in [0.15, 0.2) is 11.5 Å². The van der Waals surface area contributed by atoms with Crippen molar-refractivity contribution in [3.05, 3.63) is 41.6 Å². The van der Waals surface area contributed by atoms with Crippen molar-refractivity contribution in [3.63, 3.8) is 0 Å². The Labute approximate surface area is 296 Å². The van der Waals surface area contributed by atoms with Crippen LogP contribution < -0.4 is 29.2 Å². The molecule has 16 nitrogen and oxygen atoms in total. The molecule has 4 heterocycles. The predicted molar refractivity (Wildman–Crippen MR) is 187 cm³/mol. The maximum Gasteiger partial charge on any atom is 0.290 e. The number of ether oxygens (including phenoxy) is 5. The average Bonchev–Trinajstić information content (AvgIpc) is 3.15. The predicted octanol–water partition coefficient (Wildman–Crippen LogP) is 2.22. The van der Waals surface area contributed by atoms with Crippen LogP contribution in [0.5, 0.6) is 23.1 Å². The molecule has 0 aliphatic carbocycles. The van der Waals surface area contributed by atoms with Crippen LogP contribution >= 0.6 is 0 Å². The largest absolute Gasteiger partial charge is 0.493 e. The number of amides is 3. The van der Waals surface area contributed by atoms with Gasteiger partial charge in [0.1, 0.15) is 12.4 Å². The molecule has 1 fully saturated rings. The van der Waals surface area contributed by atoms with E-state index in [1.165, 1.54) is 20.4 Å². The quantitative estimate of drug-likeness (QED) is 0.341. The van der Waals surface area contributed by atoms with Gasteiger partial charge in [-0.2, -0.15) is 0 Å². The number of rotatable bonds is 7. The highest BCUT2D eigenvalue weighted by molar-refractivity contribution is 5.95. The summed E-state index contributed by atoms with van der Waals surface area (Å²) in [5, 5.41) is 10.7. The highest BCUT2D eigenvalue weighted by atomic mass is 16.5. The van der Waals surface area contributed by atoms with Crippen LogP contribution in [0.15, 0.2) is 30.5 Å². The van der Waals surface area contributed by atoms with E-state index in [1.807, 2.05) is 12.1 Å². The monoisotopic (exact) mass is 710 g/mol. The molecule has 2 aromatic heterocycles. The second kappa shape index (κ2) is 18.6. The molecule has 1 aromatic carbocycles. The Morgan fingerprint density at radius 2 is 1.73 bits per heavy atom. The number of benzene rings is 1. The Balaban J connectivity index is 0.00000188. The van der Waals surface area contributed by atoms with E-state index in [2.05, 4.69) is 15.2 Å². The molecule has 1 unspecified atom stereocenters. The number of anilines is 1. The van der Waals surface area contributed by atoms with Gasteiger partial charge >= 0.3 is 0 Å². The van der Waals surface area contributed by atoms with E-state index >= 15 is 0 Å². The van der Waals surface area contributed by atoms with Crippen molar-refractivity contribution in [1.82, 2.24) is 25.1 Å². The van der Waals surface area contributed by atoms with Gasteiger partial charge in [0.05, 0.1) is 39.5 Å². The Kier molecular flexibility index (Phi) is 14.0. The highest BCUT2D eigenvalue weighted by Crippen LogP contribution is 2.44. The van der Waals surface area contributed by atoms with Crippen LogP contribution in [-0.2, 0) is 25.7 Å². The summed E-state index contributed by atoms with van der Waals surface area (Å²) in [7, 11) is 7.64. The van der Waals surface area contributed by atoms with Crippen LogP contribution in [0.4, 0.5) is 5.82 Å². The first-order valence-electron chi connectivity index (χ1n) is 16.5. The normalized spacial score (nSPS) is 16.7. The topological polar surface area (TPSA) is 182 Å². The molecule has 2 N–H and O–H groups in total. The van der Waals surface area contributed by atoms with E-state index in [-0.39, 0.29) is 69.3 Å². The first-order chi connectivity index (χ1) is 24.7.